The van der Waals surface area contributed by atoms with E-state index in [9.17, 15) is 8.42 Å². The zero-order chi connectivity index (χ0) is 15.7. The van der Waals surface area contributed by atoms with Gasteiger partial charge in [-0.25, -0.2) is 0 Å². The summed E-state index contributed by atoms with van der Waals surface area (Å²) in [7, 11) is -3.78. The van der Waals surface area contributed by atoms with Crippen LogP contribution >= 0.6 is 0 Å². The lowest BCUT2D eigenvalue weighted by Gasteiger charge is -2.26. The van der Waals surface area contributed by atoms with E-state index in [1.165, 1.54) is 0 Å². The Labute approximate surface area is 130 Å². The third-order valence-electron chi connectivity index (χ3n) is 3.98. The van der Waals surface area contributed by atoms with Crippen molar-refractivity contribution in [2.75, 3.05) is 13.2 Å². The predicted molar refractivity (Wildman–Crippen MR) is 80.1 cm³/mol. The molecule has 0 amide bonds. The molecule has 0 aliphatic carbocycles. The highest BCUT2D eigenvalue weighted by molar-refractivity contribution is 7.86. The first-order valence-corrected chi connectivity index (χ1v) is 8.67. The average Bonchev–Trinajstić information content (AvgIpc) is 2.88. The van der Waals surface area contributed by atoms with Crippen molar-refractivity contribution in [1.82, 2.24) is 0 Å². The highest BCUT2D eigenvalue weighted by Gasteiger charge is 2.39. The molecular weight excluding hydrogens is 306 g/mol. The quantitative estimate of drug-likeness (QED) is 0.790. The van der Waals surface area contributed by atoms with Gasteiger partial charge in [-0.1, -0.05) is 22.9 Å². The summed E-state index contributed by atoms with van der Waals surface area (Å²) in [6, 6.07) is 6.56. The van der Waals surface area contributed by atoms with Gasteiger partial charge >= 0.3 is 0 Å². The van der Waals surface area contributed by atoms with Crippen LogP contribution in [0.15, 0.2) is 34.3 Å². The molecule has 3 rings (SSSR count). The molecule has 120 valence electrons. The van der Waals surface area contributed by atoms with E-state index in [1.54, 1.807) is 24.3 Å². The van der Waals surface area contributed by atoms with Crippen LogP contribution < -0.4 is 0 Å². The smallest absolute Gasteiger partial charge is 0.297 e. The second-order valence-corrected chi connectivity index (χ2v) is 7.36. The fraction of sp³-hybridized carbons (Fsp3) is 0.533. The lowest BCUT2D eigenvalue weighted by molar-refractivity contribution is 0.00354. The third-order valence-corrected chi connectivity index (χ3v) is 5.28. The summed E-state index contributed by atoms with van der Waals surface area (Å²) < 4.78 is 35.0. The van der Waals surface area contributed by atoms with Crippen LogP contribution in [0.2, 0.25) is 0 Å². The van der Waals surface area contributed by atoms with Gasteiger partial charge in [0, 0.05) is 5.92 Å². The molecule has 0 unspecified atom stereocenters. The van der Waals surface area contributed by atoms with E-state index in [-0.39, 0.29) is 29.6 Å². The summed E-state index contributed by atoms with van der Waals surface area (Å²) in [5.41, 5.74) is 1.83. The van der Waals surface area contributed by atoms with Crippen molar-refractivity contribution in [2.45, 2.75) is 37.4 Å². The van der Waals surface area contributed by atoms with Crippen molar-refractivity contribution in [2.24, 2.45) is 11.1 Å². The lowest BCUT2D eigenvalue weighted by Crippen LogP contribution is -2.38. The molecule has 0 saturated carbocycles. The fourth-order valence-corrected chi connectivity index (χ4v) is 3.56. The maximum absolute atomic E-state index is 12.2. The number of fused-ring (bicyclic) bond motifs is 1. The third kappa shape index (κ3) is 3.16. The van der Waals surface area contributed by atoms with Crippen LogP contribution in [0, 0.1) is 12.8 Å². The molecule has 1 fully saturated rings. The Morgan fingerprint density at radius 3 is 2.77 bits per heavy atom. The molecule has 1 saturated heterocycles. The standard InChI is InChI=1S/C15H19NO5S/c1-10-3-5-12(6-4-10)22(17,18)20-9-15-13-7-11(2)19-8-14(13)16-21-15/h3-6,11,13,15H,7-9H2,1-2H3/t11-,13+,15-/m0/s1. The summed E-state index contributed by atoms with van der Waals surface area (Å²) in [4.78, 5) is 5.47. The van der Waals surface area contributed by atoms with Gasteiger partial charge < -0.3 is 9.57 Å². The fourth-order valence-electron chi connectivity index (χ4n) is 2.64. The molecule has 2 aliphatic heterocycles. The molecule has 0 bridgehead atoms. The van der Waals surface area contributed by atoms with Gasteiger partial charge in [0.25, 0.3) is 10.1 Å². The van der Waals surface area contributed by atoms with Gasteiger partial charge in [0.1, 0.15) is 6.61 Å². The molecule has 0 aromatic heterocycles. The monoisotopic (exact) mass is 325 g/mol. The van der Waals surface area contributed by atoms with Gasteiger partial charge in [0.05, 0.1) is 23.3 Å². The Balaban J connectivity index is 1.64. The highest BCUT2D eigenvalue weighted by Crippen LogP contribution is 2.29. The number of hydrogen-bond donors (Lipinski definition) is 0. The molecule has 22 heavy (non-hydrogen) atoms. The minimum absolute atomic E-state index is 0.0411. The summed E-state index contributed by atoms with van der Waals surface area (Å²) in [6.07, 6.45) is 0.501. The molecule has 6 nitrogen and oxygen atoms in total. The summed E-state index contributed by atoms with van der Waals surface area (Å²) in [5.74, 6) is 0.0666. The first-order valence-electron chi connectivity index (χ1n) is 7.26. The number of ether oxygens (including phenoxy) is 1. The minimum atomic E-state index is -3.78. The SMILES string of the molecule is Cc1ccc(S(=O)(=O)OC[C@@H]2ON=C3CO[C@@H](C)C[C@H]32)cc1. The second-order valence-electron chi connectivity index (χ2n) is 5.74. The molecule has 7 heteroatoms. The van der Waals surface area contributed by atoms with E-state index in [4.69, 9.17) is 13.8 Å². The topological polar surface area (TPSA) is 74.2 Å². The van der Waals surface area contributed by atoms with Gasteiger partial charge in [-0.05, 0) is 32.4 Å². The van der Waals surface area contributed by atoms with Crippen molar-refractivity contribution in [3.63, 3.8) is 0 Å². The van der Waals surface area contributed by atoms with E-state index >= 15 is 0 Å². The van der Waals surface area contributed by atoms with Crippen LogP contribution in [0.1, 0.15) is 18.9 Å². The molecule has 1 aromatic rings. The van der Waals surface area contributed by atoms with Crippen molar-refractivity contribution in [1.29, 1.82) is 0 Å². The largest absolute Gasteiger partial charge is 0.389 e. The Morgan fingerprint density at radius 1 is 1.32 bits per heavy atom. The number of benzene rings is 1. The van der Waals surface area contributed by atoms with Crippen molar-refractivity contribution in [3.8, 4) is 0 Å². The van der Waals surface area contributed by atoms with E-state index in [1.807, 2.05) is 13.8 Å². The van der Waals surface area contributed by atoms with Crippen molar-refractivity contribution < 1.29 is 22.2 Å². The summed E-state index contributed by atoms with van der Waals surface area (Å²) in [6.45, 7) is 4.28. The van der Waals surface area contributed by atoms with E-state index in [0.717, 1.165) is 17.7 Å². The number of aryl methyl sites for hydroxylation is 1. The average molecular weight is 325 g/mol. The van der Waals surface area contributed by atoms with Crippen LogP contribution in [0.4, 0.5) is 0 Å². The zero-order valence-electron chi connectivity index (χ0n) is 12.6. The Morgan fingerprint density at radius 2 is 2.05 bits per heavy atom. The highest BCUT2D eigenvalue weighted by atomic mass is 32.2. The maximum atomic E-state index is 12.2. The summed E-state index contributed by atoms with van der Waals surface area (Å²) >= 11 is 0. The van der Waals surface area contributed by atoms with Gasteiger partial charge in [0.15, 0.2) is 6.10 Å². The van der Waals surface area contributed by atoms with Crippen LogP contribution in [0.25, 0.3) is 0 Å². The molecule has 2 heterocycles. The predicted octanol–water partition coefficient (Wildman–Crippen LogP) is 1.88. The van der Waals surface area contributed by atoms with Gasteiger partial charge in [-0.3, -0.25) is 4.18 Å². The Hall–Kier alpha value is -1.44. The van der Waals surface area contributed by atoms with Crippen LogP contribution in [-0.4, -0.2) is 39.6 Å². The molecule has 0 radical (unpaired) electrons. The van der Waals surface area contributed by atoms with Crippen molar-refractivity contribution >= 4 is 15.8 Å². The molecule has 3 atom stereocenters. The van der Waals surface area contributed by atoms with Crippen LogP contribution in [0.3, 0.4) is 0 Å². The molecule has 0 N–H and O–H groups in total. The number of hydrogen-bond acceptors (Lipinski definition) is 6. The second kappa shape index (κ2) is 5.98. The maximum Gasteiger partial charge on any atom is 0.297 e. The molecule has 1 aromatic carbocycles. The number of nitrogens with zero attached hydrogens (tertiary/aromatic N) is 1. The Bertz CT molecular complexity index is 668. The Kier molecular flexibility index (Phi) is 4.20. The van der Waals surface area contributed by atoms with Crippen molar-refractivity contribution in [3.05, 3.63) is 29.8 Å². The first kappa shape index (κ1) is 15.5. The van der Waals surface area contributed by atoms with Crippen LogP contribution in [-0.2, 0) is 23.9 Å². The van der Waals surface area contributed by atoms with E-state index in [0.29, 0.717) is 6.61 Å². The molecule has 2 aliphatic rings. The van der Waals surface area contributed by atoms with Gasteiger partial charge in [-0.15, -0.1) is 0 Å². The number of rotatable bonds is 4. The minimum Gasteiger partial charge on any atom is -0.389 e. The molecule has 0 spiro atoms. The zero-order valence-corrected chi connectivity index (χ0v) is 13.4. The number of oxime groups is 1. The van der Waals surface area contributed by atoms with Gasteiger partial charge in [-0.2, -0.15) is 8.42 Å². The van der Waals surface area contributed by atoms with E-state index < -0.39 is 10.1 Å². The lowest BCUT2D eigenvalue weighted by atomic mass is 9.90. The first-order chi connectivity index (χ1) is 10.5. The van der Waals surface area contributed by atoms with Gasteiger partial charge in [0.2, 0.25) is 0 Å². The molecular formula is C15H19NO5S. The van der Waals surface area contributed by atoms with Crippen LogP contribution in [0.5, 0.6) is 0 Å². The van der Waals surface area contributed by atoms with E-state index in [2.05, 4.69) is 5.16 Å². The summed E-state index contributed by atoms with van der Waals surface area (Å²) in [5, 5.41) is 3.98. The normalized spacial score (nSPS) is 27.9.